The van der Waals surface area contributed by atoms with Gasteiger partial charge in [0.05, 0.1) is 10.6 Å². The van der Waals surface area contributed by atoms with Crippen molar-refractivity contribution in [3.63, 3.8) is 0 Å². The molecule has 0 aromatic heterocycles. The Labute approximate surface area is 115 Å². The van der Waals surface area contributed by atoms with Gasteiger partial charge >= 0.3 is 12.1 Å². The van der Waals surface area contributed by atoms with Crippen LogP contribution in [-0.4, -0.2) is 52.0 Å². The van der Waals surface area contributed by atoms with Crippen LogP contribution in [0.3, 0.4) is 0 Å². The molecule has 0 unspecified atom stereocenters. The maximum atomic E-state index is 12.6. The average molecular weight is 310 g/mol. The number of amidine groups is 1. The molecular formula is C10H7ClF3N3O3. The highest BCUT2D eigenvalue weighted by Gasteiger charge is 2.38. The Morgan fingerprint density at radius 1 is 1.50 bits per heavy atom. The van der Waals surface area contributed by atoms with Gasteiger partial charge < -0.3 is 10.0 Å². The number of rotatable bonds is 2. The highest BCUT2D eigenvalue weighted by atomic mass is 35.5. The van der Waals surface area contributed by atoms with Gasteiger partial charge in [0.15, 0.2) is 5.84 Å². The Bertz CT molecular complexity index is 568. The second-order valence-corrected chi connectivity index (χ2v) is 4.38. The molecule has 1 amide bonds. The summed E-state index contributed by atoms with van der Waals surface area (Å²) in [5.74, 6) is -2.13. The van der Waals surface area contributed by atoms with E-state index in [-0.39, 0.29) is 10.9 Å². The molecule has 2 aliphatic rings. The number of fused-ring (bicyclic) bond motifs is 1. The molecule has 0 aliphatic carbocycles. The van der Waals surface area contributed by atoms with Crippen LogP contribution in [0.15, 0.2) is 28.0 Å². The molecule has 20 heavy (non-hydrogen) atoms. The van der Waals surface area contributed by atoms with Crippen molar-refractivity contribution in [2.45, 2.75) is 6.18 Å². The van der Waals surface area contributed by atoms with Gasteiger partial charge in [-0.2, -0.15) is 13.2 Å². The van der Waals surface area contributed by atoms with E-state index in [1.165, 1.54) is 0 Å². The predicted molar refractivity (Wildman–Crippen MR) is 61.6 cm³/mol. The second kappa shape index (κ2) is 4.82. The number of carbonyl (C=O) groups excluding carboxylic acids is 1. The van der Waals surface area contributed by atoms with Gasteiger partial charge in [-0.25, -0.2) is 5.01 Å². The Morgan fingerprint density at radius 3 is 2.70 bits per heavy atom. The molecule has 6 nitrogen and oxygen atoms in total. The monoisotopic (exact) mass is 309 g/mol. The summed E-state index contributed by atoms with van der Waals surface area (Å²) in [5.41, 5.74) is -1.01. The number of carbonyl (C=O) groups is 2. The molecule has 0 saturated heterocycles. The van der Waals surface area contributed by atoms with Crippen molar-refractivity contribution < 1.29 is 27.9 Å². The van der Waals surface area contributed by atoms with Crippen molar-refractivity contribution in [1.29, 1.82) is 0 Å². The van der Waals surface area contributed by atoms with Crippen LogP contribution in [0.1, 0.15) is 0 Å². The zero-order chi connectivity index (χ0) is 15.1. The lowest BCUT2D eigenvalue weighted by molar-refractivity contribution is -0.145. The standard InChI is InChI=1S/C10H7ClF3N3O3/c11-6-1-5(10(12,13)14)2-16-3-7(18)17(4-8(19)20)15-9(6)16/h1-2H,3-4H2,(H,19,20). The number of hydrogen-bond acceptors (Lipinski definition) is 4. The van der Waals surface area contributed by atoms with E-state index in [0.29, 0.717) is 17.3 Å². The number of halogens is 4. The molecule has 0 bridgehead atoms. The summed E-state index contributed by atoms with van der Waals surface area (Å²) >= 11 is 5.70. The molecule has 1 N–H and O–H groups in total. The molecule has 2 aliphatic heterocycles. The van der Waals surface area contributed by atoms with Crippen LogP contribution in [0.4, 0.5) is 13.2 Å². The number of carboxylic acid groups (broad SMARTS) is 1. The molecular weight excluding hydrogens is 303 g/mol. The molecule has 108 valence electrons. The van der Waals surface area contributed by atoms with E-state index in [1.54, 1.807) is 0 Å². The third-order valence-electron chi connectivity index (χ3n) is 2.48. The summed E-state index contributed by atoms with van der Waals surface area (Å²) in [5, 5.41) is 12.6. The van der Waals surface area contributed by atoms with Crippen LogP contribution >= 0.6 is 11.6 Å². The summed E-state index contributed by atoms with van der Waals surface area (Å²) in [4.78, 5) is 23.1. The first-order valence-corrected chi connectivity index (χ1v) is 5.60. The second-order valence-electron chi connectivity index (χ2n) is 3.97. The SMILES string of the molecule is O=C(O)CN1N=C2C(Cl)=CC(C(F)(F)F)=CN2CC1=O. The van der Waals surface area contributed by atoms with Crippen LogP contribution in [0.5, 0.6) is 0 Å². The predicted octanol–water partition coefficient (Wildman–Crippen LogP) is 1.11. The van der Waals surface area contributed by atoms with E-state index in [4.69, 9.17) is 16.7 Å². The molecule has 2 rings (SSSR count). The van der Waals surface area contributed by atoms with Crippen molar-refractivity contribution in [3.8, 4) is 0 Å². The van der Waals surface area contributed by atoms with Gasteiger partial charge in [-0.3, -0.25) is 9.59 Å². The van der Waals surface area contributed by atoms with Crippen molar-refractivity contribution >= 4 is 29.3 Å². The molecule has 0 aromatic rings. The van der Waals surface area contributed by atoms with Gasteiger partial charge in [-0.05, 0) is 6.08 Å². The van der Waals surface area contributed by atoms with Crippen LogP contribution in [-0.2, 0) is 9.59 Å². The number of nitrogens with zero attached hydrogens (tertiary/aromatic N) is 3. The summed E-state index contributed by atoms with van der Waals surface area (Å²) in [6.07, 6.45) is -3.22. The topological polar surface area (TPSA) is 73.2 Å². The maximum Gasteiger partial charge on any atom is 0.417 e. The number of aliphatic carboxylic acids is 1. The van der Waals surface area contributed by atoms with Crippen LogP contribution in [0.25, 0.3) is 0 Å². The third kappa shape index (κ3) is 2.77. The van der Waals surface area contributed by atoms with Crippen molar-refractivity contribution in [2.75, 3.05) is 13.1 Å². The fourth-order valence-electron chi connectivity index (χ4n) is 1.63. The molecule has 0 aromatic carbocycles. The van der Waals surface area contributed by atoms with Gasteiger partial charge in [0.2, 0.25) is 0 Å². The fourth-order valence-corrected chi connectivity index (χ4v) is 1.90. The van der Waals surface area contributed by atoms with Gasteiger partial charge in [-0.1, -0.05) is 11.6 Å². The lowest BCUT2D eigenvalue weighted by atomic mass is 10.1. The zero-order valence-corrected chi connectivity index (χ0v) is 10.4. The Hall–Kier alpha value is -2.03. The minimum atomic E-state index is -4.60. The van der Waals surface area contributed by atoms with Gasteiger partial charge in [0.25, 0.3) is 5.91 Å². The van der Waals surface area contributed by atoms with E-state index >= 15 is 0 Å². The minimum absolute atomic E-state index is 0.0967. The Kier molecular flexibility index (Phi) is 3.46. The molecule has 10 heteroatoms. The fraction of sp³-hybridized carbons (Fsp3) is 0.300. The quantitative estimate of drug-likeness (QED) is 0.829. The van der Waals surface area contributed by atoms with Crippen LogP contribution in [0.2, 0.25) is 0 Å². The molecule has 0 atom stereocenters. The van der Waals surface area contributed by atoms with Crippen molar-refractivity contribution in [2.24, 2.45) is 5.10 Å². The number of allylic oxidation sites excluding steroid dienone is 2. The first-order valence-electron chi connectivity index (χ1n) is 5.22. The maximum absolute atomic E-state index is 12.6. The normalized spacial score (nSPS) is 19.2. The highest BCUT2D eigenvalue weighted by molar-refractivity contribution is 6.43. The summed E-state index contributed by atoms with van der Waals surface area (Å²) in [6.45, 7) is -1.15. The van der Waals surface area contributed by atoms with Gasteiger partial charge in [0, 0.05) is 6.20 Å². The summed E-state index contributed by atoms with van der Waals surface area (Å²) in [7, 11) is 0. The highest BCUT2D eigenvalue weighted by Crippen LogP contribution is 2.33. The van der Waals surface area contributed by atoms with Crippen LogP contribution in [0, 0.1) is 0 Å². The van der Waals surface area contributed by atoms with E-state index < -0.39 is 36.7 Å². The largest absolute Gasteiger partial charge is 0.480 e. The van der Waals surface area contributed by atoms with E-state index in [1.807, 2.05) is 0 Å². The number of hydrogen-bond donors (Lipinski definition) is 1. The van der Waals surface area contributed by atoms with E-state index in [0.717, 1.165) is 4.90 Å². The number of hydrazone groups is 1. The Morgan fingerprint density at radius 2 is 2.15 bits per heavy atom. The Balaban J connectivity index is 2.35. The van der Waals surface area contributed by atoms with E-state index in [9.17, 15) is 22.8 Å². The molecule has 0 radical (unpaired) electrons. The molecule has 0 spiro atoms. The molecule has 0 fully saturated rings. The average Bonchev–Trinajstić information content (AvgIpc) is 2.29. The first kappa shape index (κ1) is 14.4. The number of amides is 1. The summed E-state index contributed by atoms with van der Waals surface area (Å²) in [6, 6.07) is 0. The first-order chi connectivity index (χ1) is 9.18. The minimum Gasteiger partial charge on any atom is -0.480 e. The number of carboxylic acids is 1. The lowest BCUT2D eigenvalue weighted by Crippen LogP contribution is -2.47. The van der Waals surface area contributed by atoms with Gasteiger partial charge in [0.1, 0.15) is 13.1 Å². The number of alkyl halides is 3. The van der Waals surface area contributed by atoms with Crippen molar-refractivity contribution in [3.05, 3.63) is 22.9 Å². The smallest absolute Gasteiger partial charge is 0.417 e. The molecule has 0 saturated carbocycles. The van der Waals surface area contributed by atoms with Crippen LogP contribution < -0.4 is 0 Å². The zero-order valence-electron chi connectivity index (χ0n) is 9.69. The third-order valence-corrected chi connectivity index (χ3v) is 2.76. The molecule has 2 heterocycles. The summed E-state index contributed by atoms with van der Waals surface area (Å²) < 4.78 is 37.8. The van der Waals surface area contributed by atoms with Crippen molar-refractivity contribution in [1.82, 2.24) is 9.91 Å². The lowest BCUT2D eigenvalue weighted by Gasteiger charge is -2.33. The van der Waals surface area contributed by atoms with E-state index in [2.05, 4.69) is 5.10 Å². The van der Waals surface area contributed by atoms with Gasteiger partial charge in [-0.15, -0.1) is 5.10 Å².